The number of carbonyl (C=O) groups is 1. The second-order valence-electron chi connectivity index (χ2n) is 5.99. The van der Waals surface area contributed by atoms with E-state index in [1.807, 2.05) is 24.3 Å². The molecule has 24 heavy (non-hydrogen) atoms. The molecule has 0 unspecified atom stereocenters. The Morgan fingerprint density at radius 3 is 3.00 bits per heavy atom. The number of imidazole rings is 1. The lowest BCUT2D eigenvalue weighted by Gasteiger charge is -2.32. The normalized spacial score (nSPS) is 17.0. The molecule has 0 bridgehead atoms. The molecule has 1 fully saturated rings. The van der Waals surface area contributed by atoms with Crippen LogP contribution in [0.2, 0.25) is 0 Å². The Morgan fingerprint density at radius 2 is 2.21 bits per heavy atom. The van der Waals surface area contributed by atoms with Crippen LogP contribution in [0.15, 0.2) is 24.3 Å². The third-order valence-electron chi connectivity index (χ3n) is 4.17. The fraction of sp³-hybridized carbons (Fsp3) is 0.529. The number of fused-ring (bicyclic) bond motifs is 1. The number of nitrogens with one attached hydrogen (secondary N) is 2. The summed E-state index contributed by atoms with van der Waals surface area (Å²) in [6.45, 7) is 6.42. The van der Waals surface area contributed by atoms with E-state index >= 15 is 0 Å². The number of morpholine rings is 1. The summed E-state index contributed by atoms with van der Waals surface area (Å²) in [7, 11) is 0. The van der Waals surface area contributed by atoms with Gasteiger partial charge >= 0.3 is 0 Å². The largest absolute Gasteiger partial charge is 0.379 e. The number of benzene rings is 1. The van der Waals surface area contributed by atoms with Crippen LogP contribution in [0.3, 0.4) is 0 Å². The van der Waals surface area contributed by atoms with Crippen LogP contribution in [0.4, 0.5) is 0 Å². The lowest BCUT2D eigenvalue weighted by molar-refractivity contribution is -0.126. The van der Waals surface area contributed by atoms with Crippen molar-refractivity contribution in [1.82, 2.24) is 20.2 Å². The summed E-state index contributed by atoms with van der Waals surface area (Å²) in [5.41, 5.74) is 1.87. The fourth-order valence-electron chi connectivity index (χ4n) is 2.77. The fourth-order valence-corrected chi connectivity index (χ4v) is 2.77. The van der Waals surface area contributed by atoms with Gasteiger partial charge in [-0.2, -0.15) is 0 Å². The maximum absolute atomic E-state index is 11.9. The molecule has 0 saturated carbocycles. The maximum Gasteiger partial charge on any atom is 0.246 e. The van der Waals surface area contributed by atoms with Crippen LogP contribution in [-0.4, -0.2) is 66.3 Å². The van der Waals surface area contributed by atoms with Crippen LogP contribution in [-0.2, 0) is 20.9 Å². The number of ether oxygens (including phenoxy) is 2. The highest BCUT2D eigenvalue weighted by molar-refractivity contribution is 5.77. The lowest BCUT2D eigenvalue weighted by atomic mass is 10.2. The van der Waals surface area contributed by atoms with Gasteiger partial charge in [0.15, 0.2) is 0 Å². The van der Waals surface area contributed by atoms with E-state index in [4.69, 9.17) is 9.47 Å². The SMILES string of the molecule is C[C@H](CNC(=O)COCc1nc2ccccc2[nH]1)N1CCOCC1. The zero-order chi connectivity index (χ0) is 16.8. The Bertz CT molecular complexity index is 634. The van der Waals surface area contributed by atoms with E-state index in [2.05, 4.69) is 27.1 Å². The molecule has 2 N–H and O–H groups in total. The molecular weight excluding hydrogens is 308 g/mol. The van der Waals surface area contributed by atoms with Gasteiger partial charge in [0, 0.05) is 25.7 Å². The Morgan fingerprint density at radius 1 is 1.42 bits per heavy atom. The van der Waals surface area contributed by atoms with E-state index in [0.29, 0.717) is 19.2 Å². The zero-order valence-corrected chi connectivity index (χ0v) is 14.0. The summed E-state index contributed by atoms with van der Waals surface area (Å²) in [6.07, 6.45) is 0. The average molecular weight is 332 g/mol. The topological polar surface area (TPSA) is 79.5 Å². The zero-order valence-electron chi connectivity index (χ0n) is 14.0. The minimum atomic E-state index is -0.105. The number of rotatable bonds is 7. The molecular formula is C17H24N4O3. The van der Waals surface area contributed by atoms with Crippen LogP contribution in [0, 0.1) is 0 Å². The van der Waals surface area contributed by atoms with E-state index < -0.39 is 0 Å². The van der Waals surface area contributed by atoms with Gasteiger partial charge in [0.2, 0.25) is 5.91 Å². The standard InChI is InChI=1S/C17H24N4O3/c1-13(21-6-8-23-9-7-21)10-18-17(22)12-24-11-16-19-14-4-2-3-5-15(14)20-16/h2-5,13H,6-12H2,1H3,(H,18,22)(H,19,20)/t13-/m1/s1. The number of aromatic nitrogens is 2. The van der Waals surface area contributed by atoms with Crippen molar-refractivity contribution in [2.75, 3.05) is 39.5 Å². The number of H-pyrrole nitrogens is 1. The maximum atomic E-state index is 11.9. The van der Waals surface area contributed by atoms with Crippen molar-refractivity contribution in [3.8, 4) is 0 Å². The molecule has 0 spiro atoms. The molecule has 130 valence electrons. The van der Waals surface area contributed by atoms with E-state index in [9.17, 15) is 4.79 Å². The van der Waals surface area contributed by atoms with Crippen LogP contribution in [0.5, 0.6) is 0 Å². The van der Waals surface area contributed by atoms with Crippen LogP contribution >= 0.6 is 0 Å². The van der Waals surface area contributed by atoms with Gasteiger partial charge in [-0.05, 0) is 19.1 Å². The number of hydrogen-bond donors (Lipinski definition) is 2. The molecule has 3 rings (SSSR count). The van der Waals surface area contributed by atoms with E-state index in [1.165, 1.54) is 0 Å². The molecule has 1 saturated heterocycles. The number of nitrogens with zero attached hydrogens (tertiary/aromatic N) is 2. The van der Waals surface area contributed by atoms with Crippen LogP contribution in [0.25, 0.3) is 11.0 Å². The minimum Gasteiger partial charge on any atom is -0.379 e. The van der Waals surface area contributed by atoms with Crippen molar-refractivity contribution in [1.29, 1.82) is 0 Å². The van der Waals surface area contributed by atoms with Gasteiger partial charge in [0.05, 0.1) is 24.2 Å². The first-order valence-electron chi connectivity index (χ1n) is 8.32. The summed E-state index contributed by atoms with van der Waals surface area (Å²) >= 11 is 0. The highest BCUT2D eigenvalue weighted by Crippen LogP contribution is 2.10. The minimum absolute atomic E-state index is 0.0346. The predicted molar refractivity (Wildman–Crippen MR) is 90.6 cm³/mol. The molecule has 1 amide bonds. The van der Waals surface area contributed by atoms with Crippen molar-refractivity contribution in [3.05, 3.63) is 30.1 Å². The van der Waals surface area contributed by atoms with Crippen molar-refractivity contribution >= 4 is 16.9 Å². The Labute approximate surface area is 141 Å². The highest BCUT2D eigenvalue weighted by Gasteiger charge is 2.17. The second kappa shape index (κ2) is 8.23. The molecule has 1 atom stereocenters. The second-order valence-corrected chi connectivity index (χ2v) is 5.99. The quantitative estimate of drug-likeness (QED) is 0.788. The average Bonchev–Trinajstić information content (AvgIpc) is 3.03. The molecule has 0 aliphatic carbocycles. The van der Waals surface area contributed by atoms with Gasteiger partial charge < -0.3 is 19.8 Å². The van der Waals surface area contributed by atoms with Gasteiger partial charge in [0.25, 0.3) is 0 Å². The lowest BCUT2D eigenvalue weighted by Crippen LogP contribution is -2.47. The van der Waals surface area contributed by atoms with Gasteiger partial charge in [-0.3, -0.25) is 9.69 Å². The molecule has 1 aromatic heterocycles. The van der Waals surface area contributed by atoms with Gasteiger partial charge in [-0.1, -0.05) is 12.1 Å². The van der Waals surface area contributed by atoms with E-state index in [-0.39, 0.29) is 12.5 Å². The molecule has 7 heteroatoms. The summed E-state index contributed by atoms with van der Waals surface area (Å²) in [5, 5.41) is 2.92. The number of amides is 1. The van der Waals surface area contributed by atoms with Gasteiger partial charge in [-0.25, -0.2) is 4.98 Å². The Balaban J connectivity index is 1.36. The molecule has 0 radical (unpaired) electrons. The summed E-state index contributed by atoms with van der Waals surface area (Å²) in [6, 6.07) is 8.10. The van der Waals surface area contributed by atoms with Crippen molar-refractivity contribution in [2.45, 2.75) is 19.6 Å². The molecule has 1 aliphatic rings. The first-order chi connectivity index (χ1) is 11.7. The highest BCUT2D eigenvalue weighted by atomic mass is 16.5. The number of carbonyl (C=O) groups excluding carboxylic acids is 1. The van der Waals surface area contributed by atoms with Crippen LogP contribution in [0.1, 0.15) is 12.7 Å². The number of hydrogen-bond acceptors (Lipinski definition) is 5. The van der Waals surface area contributed by atoms with Crippen molar-refractivity contribution < 1.29 is 14.3 Å². The molecule has 2 heterocycles. The Hall–Kier alpha value is -1.96. The van der Waals surface area contributed by atoms with Crippen molar-refractivity contribution in [2.24, 2.45) is 0 Å². The number of aromatic amines is 1. The van der Waals surface area contributed by atoms with E-state index in [1.54, 1.807) is 0 Å². The summed E-state index contributed by atoms with van der Waals surface area (Å²) in [5.74, 6) is 0.622. The van der Waals surface area contributed by atoms with E-state index in [0.717, 1.165) is 43.2 Å². The first-order valence-corrected chi connectivity index (χ1v) is 8.32. The molecule has 1 aromatic carbocycles. The molecule has 1 aliphatic heterocycles. The van der Waals surface area contributed by atoms with Crippen molar-refractivity contribution in [3.63, 3.8) is 0 Å². The third-order valence-corrected chi connectivity index (χ3v) is 4.17. The summed E-state index contributed by atoms with van der Waals surface area (Å²) in [4.78, 5) is 21.8. The Kier molecular flexibility index (Phi) is 5.79. The smallest absolute Gasteiger partial charge is 0.246 e. The first kappa shape index (κ1) is 16.9. The molecule has 2 aromatic rings. The van der Waals surface area contributed by atoms with Gasteiger partial charge in [0.1, 0.15) is 19.0 Å². The van der Waals surface area contributed by atoms with Crippen LogP contribution < -0.4 is 5.32 Å². The predicted octanol–water partition coefficient (Wildman–Crippen LogP) is 0.916. The van der Waals surface area contributed by atoms with Gasteiger partial charge in [-0.15, -0.1) is 0 Å². The molecule has 7 nitrogen and oxygen atoms in total. The summed E-state index contributed by atoms with van der Waals surface area (Å²) < 4.78 is 10.8. The third kappa shape index (κ3) is 4.53. The number of para-hydroxylation sites is 2. The monoisotopic (exact) mass is 332 g/mol.